The second kappa shape index (κ2) is 8.57. The molecule has 0 aromatic heterocycles. The molecule has 0 aromatic rings. The summed E-state index contributed by atoms with van der Waals surface area (Å²) in [5.74, 6) is 0.0294. The van der Waals surface area contributed by atoms with Crippen molar-refractivity contribution in [2.75, 3.05) is 0 Å². The van der Waals surface area contributed by atoms with E-state index >= 15 is 0 Å². The Kier molecular flexibility index (Phi) is 7.56. The van der Waals surface area contributed by atoms with Crippen molar-refractivity contribution in [3.63, 3.8) is 0 Å². The summed E-state index contributed by atoms with van der Waals surface area (Å²) >= 11 is 0. The second-order valence-corrected chi connectivity index (χ2v) is 2.93. The molecular formula is C10H13N3. The van der Waals surface area contributed by atoms with Gasteiger partial charge in [0.2, 0.25) is 0 Å². The van der Waals surface area contributed by atoms with E-state index in [2.05, 4.69) is 18.2 Å². The van der Waals surface area contributed by atoms with Crippen LogP contribution in [0.3, 0.4) is 0 Å². The van der Waals surface area contributed by atoms with Crippen molar-refractivity contribution in [3.05, 3.63) is 0 Å². The van der Waals surface area contributed by atoms with E-state index in [0.717, 1.165) is 25.7 Å². The zero-order valence-corrected chi connectivity index (χ0v) is 7.66. The fourth-order valence-electron chi connectivity index (χ4n) is 1.13. The van der Waals surface area contributed by atoms with E-state index in [4.69, 9.17) is 15.8 Å². The summed E-state index contributed by atoms with van der Waals surface area (Å²) in [6.07, 6.45) is 4.21. The highest BCUT2D eigenvalue weighted by atomic mass is 14.3. The summed E-state index contributed by atoms with van der Waals surface area (Å²) in [7, 11) is 0. The maximum Gasteiger partial charge on any atom is 0.0655 e. The van der Waals surface area contributed by atoms with Crippen LogP contribution >= 0.6 is 0 Å². The minimum absolute atomic E-state index is 0.0294. The third-order valence-corrected chi connectivity index (χ3v) is 1.86. The van der Waals surface area contributed by atoms with Crippen molar-refractivity contribution in [2.24, 2.45) is 5.92 Å². The molecule has 0 atom stereocenters. The van der Waals surface area contributed by atoms with Gasteiger partial charge in [0.15, 0.2) is 0 Å². The van der Waals surface area contributed by atoms with Crippen LogP contribution in [0.4, 0.5) is 0 Å². The molecule has 0 spiro atoms. The Morgan fingerprint density at radius 3 is 1.62 bits per heavy atom. The lowest BCUT2D eigenvalue weighted by Crippen LogP contribution is -1.96. The summed E-state index contributed by atoms with van der Waals surface area (Å²) in [6.45, 7) is 0. The van der Waals surface area contributed by atoms with Gasteiger partial charge in [0.1, 0.15) is 0 Å². The Labute approximate surface area is 79.2 Å². The highest BCUT2D eigenvalue weighted by Crippen LogP contribution is 2.14. The Balaban J connectivity index is 3.49. The van der Waals surface area contributed by atoms with Gasteiger partial charge in [0.25, 0.3) is 0 Å². The van der Waals surface area contributed by atoms with Crippen LogP contribution in [0.25, 0.3) is 0 Å². The van der Waals surface area contributed by atoms with Crippen LogP contribution in [0.5, 0.6) is 0 Å². The van der Waals surface area contributed by atoms with Crippen LogP contribution in [0, 0.1) is 39.9 Å². The first kappa shape index (κ1) is 11.5. The van der Waals surface area contributed by atoms with E-state index in [1.807, 2.05) is 0 Å². The first-order chi connectivity index (χ1) is 6.35. The standard InChI is InChI=1S/C10H13N3/c11-7-3-1-5-10(9-13)6-2-4-8-12/h10H,1-6H2. The molecule has 0 bridgehead atoms. The van der Waals surface area contributed by atoms with Crippen molar-refractivity contribution < 1.29 is 0 Å². The highest BCUT2D eigenvalue weighted by Gasteiger charge is 2.05. The lowest BCUT2D eigenvalue weighted by molar-refractivity contribution is 0.521. The van der Waals surface area contributed by atoms with Crippen LogP contribution in [0.2, 0.25) is 0 Å². The maximum absolute atomic E-state index is 8.71. The average molecular weight is 175 g/mol. The van der Waals surface area contributed by atoms with Gasteiger partial charge >= 0.3 is 0 Å². The number of nitriles is 3. The van der Waals surface area contributed by atoms with E-state index in [9.17, 15) is 0 Å². The van der Waals surface area contributed by atoms with Gasteiger partial charge in [-0.15, -0.1) is 0 Å². The molecule has 0 rings (SSSR count). The molecule has 68 valence electrons. The minimum atomic E-state index is 0.0294. The molecule has 0 aromatic carbocycles. The summed E-state index contributed by atoms with van der Waals surface area (Å²) in [4.78, 5) is 0. The summed E-state index contributed by atoms with van der Waals surface area (Å²) in [5.41, 5.74) is 0. The average Bonchev–Trinajstić information content (AvgIpc) is 2.16. The van der Waals surface area contributed by atoms with Gasteiger partial charge in [-0.25, -0.2) is 0 Å². The monoisotopic (exact) mass is 175 g/mol. The number of unbranched alkanes of at least 4 members (excludes halogenated alkanes) is 2. The van der Waals surface area contributed by atoms with E-state index in [1.165, 1.54) is 0 Å². The molecule has 3 nitrogen and oxygen atoms in total. The van der Waals surface area contributed by atoms with Crippen LogP contribution in [-0.2, 0) is 0 Å². The largest absolute Gasteiger partial charge is 0.198 e. The molecule has 0 saturated carbocycles. The second-order valence-electron chi connectivity index (χ2n) is 2.93. The van der Waals surface area contributed by atoms with Gasteiger partial charge in [-0.3, -0.25) is 0 Å². The molecule has 0 amide bonds. The highest BCUT2D eigenvalue weighted by molar-refractivity contribution is 4.84. The fraction of sp³-hybridized carbons (Fsp3) is 0.700. The third-order valence-electron chi connectivity index (χ3n) is 1.86. The lowest BCUT2D eigenvalue weighted by Gasteiger charge is -2.04. The van der Waals surface area contributed by atoms with E-state index in [-0.39, 0.29) is 5.92 Å². The molecule has 0 aliphatic rings. The van der Waals surface area contributed by atoms with Gasteiger partial charge in [0, 0.05) is 18.8 Å². The summed E-state index contributed by atoms with van der Waals surface area (Å²) in [5, 5.41) is 25.3. The van der Waals surface area contributed by atoms with Crippen molar-refractivity contribution in [3.8, 4) is 18.2 Å². The minimum Gasteiger partial charge on any atom is -0.198 e. The van der Waals surface area contributed by atoms with Crippen LogP contribution < -0.4 is 0 Å². The zero-order chi connectivity index (χ0) is 9.94. The first-order valence-corrected chi connectivity index (χ1v) is 4.48. The van der Waals surface area contributed by atoms with E-state index in [0.29, 0.717) is 12.8 Å². The Bertz CT molecular complexity index is 218. The molecule has 0 aliphatic carbocycles. The first-order valence-electron chi connectivity index (χ1n) is 4.48. The van der Waals surface area contributed by atoms with Crippen molar-refractivity contribution >= 4 is 0 Å². The lowest BCUT2D eigenvalue weighted by atomic mass is 9.98. The van der Waals surface area contributed by atoms with Gasteiger partial charge in [0.05, 0.1) is 18.2 Å². The zero-order valence-electron chi connectivity index (χ0n) is 7.66. The molecule has 3 heteroatoms. The van der Waals surface area contributed by atoms with Crippen LogP contribution in [0.1, 0.15) is 38.5 Å². The maximum atomic E-state index is 8.71. The number of rotatable bonds is 6. The molecule has 0 unspecified atom stereocenters. The smallest absolute Gasteiger partial charge is 0.0655 e. The number of nitrogens with zero attached hydrogens (tertiary/aromatic N) is 3. The number of hydrogen-bond donors (Lipinski definition) is 0. The predicted molar refractivity (Wildman–Crippen MR) is 48.0 cm³/mol. The van der Waals surface area contributed by atoms with Gasteiger partial charge in [-0.2, -0.15) is 15.8 Å². The third kappa shape index (κ3) is 6.85. The van der Waals surface area contributed by atoms with E-state index in [1.54, 1.807) is 0 Å². The van der Waals surface area contributed by atoms with Crippen molar-refractivity contribution in [1.29, 1.82) is 15.8 Å². The van der Waals surface area contributed by atoms with Crippen molar-refractivity contribution in [1.82, 2.24) is 0 Å². The Hall–Kier alpha value is -1.53. The molecule has 0 aliphatic heterocycles. The molecule has 0 saturated heterocycles. The Morgan fingerprint density at radius 2 is 1.31 bits per heavy atom. The predicted octanol–water partition coefficient (Wildman–Crippen LogP) is 2.51. The molecule has 13 heavy (non-hydrogen) atoms. The van der Waals surface area contributed by atoms with Crippen LogP contribution in [-0.4, -0.2) is 0 Å². The fourth-order valence-corrected chi connectivity index (χ4v) is 1.13. The van der Waals surface area contributed by atoms with Gasteiger partial charge < -0.3 is 0 Å². The topological polar surface area (TPSA) is 71.4 Å². The van der Waals surface area contributed by atoms with E-state index < -0.39 is 0 Å². The number of hydrogen-bond acceptors (Lipinski definition) is 3. The molecule has 0 radical (unpaired) electrons. The van der Waals surface area contributed by atoms with Crippen LogP contribution in [0.15, 0.2) is 0 Å². The Morgan fingerprint density at radius 1 is 0.846 bits per heavy atom. The van der Waals surface area contributed by atoms with Crippen molar-refractivity contribution in [2.45, 2.75) is 38.5 Å². The summed E-state index contributed by atoms with van der Waals surface area (Å²) < 4.78 is 0. The molecular weight excluding hydrogens is 162 g/mol. The normalized spacial score (nSPS) is 8.77. The quantitative estimate of drug-likeness (QED) is 0.582. The molecule has 0 fully saturated rings. The van der Waals surface area contributed by atoms with Gasteiger partial charge in [-0.05, 0) is 25.7 Å². The SMILES string of the molecule is N#CCCCC(C#N)CCCC#N. The molecule has 0 N–H and O–H groups in total. The van der Waals surface area contributed by atoms with Gasteiger partial charge in [-0.1, -0.05) is 0 Å². The molecule has 0 heterocycles. The summed E-state index contributed by atoms with van der Waals surface area (Å²) in [6, 6.07) is 6.31.